The number of likely N-dealkylation sites (tertiary alicyclic amines) is 1. The van der Waals surface area contributed by atoms with Crippen molar-refractivity contribution in [2.75, 3.05) is 25.6 Å². The third kappa shape index (κ3) is 1.97. The number of nitrogens with zero attached hydrogens (tertiary/aromatic N) is 1. The van der Waals surface area contributed by atoms with Crippen molar-refractivity contribution in [1.82, 2.24) is 4.90 Å². The third-order valence-electron chi connectivity index (χ3n) is 3.81. The van der Waals surface area contributed by atoms with Crippen molar-refractivity contribution in [3.05, 3.63) is 29.8 Å². The molecule has 0 radical (unpaired) electrons. The Morgan fingerprint density at radius 2 is 2.28 bits per heavy atom. The van der Waals surface area contributed by atoms with Gasteiger partial charge in [0.05, 0.1) is 0 Å². The van der Waals surface area contributed by atoms with E-state index in [1.807, 2.05) is 29.2 Å². The number of hydrogen-bond donors (Lipinski definition) is 0. The predicted octanol–water partition coefficient (Wildman–Crippen LogP) is 2.25. The van der Waals surface area contributed by atoms with E-state index in [0.29, 0.717) is 18.4 Å². The van der Waals surface area contributed by atoms with Crippen LogP contribution < -0.4 is 4.74 Å². The van der Waals surface area contributed by atoms with E-state index in [1.165, 1.54) is 0 Å². The van der Waals surface area contributed by atoms with Gasteiger partial charge in [0, 0.05) is 24.5 Å². The number of amides is 1. The topological polar surface area (TPSA) is 29.5 Å². The molecule has 3 nitrogen and oxygen atoms in total. The SMILES string of the molecule is O=C(C1COc2ccccc21)N1CCC(CCl)C1. The number of carbonyl (C=O) groups excluding carboxylic acids is 1. The first-order chi connectivity index (χ1) is 8.79. The van der Waals surface area contributed by atoms with E-state index in [4.69, 9.17) is 16.3 Å². The van der Waals surface area contributed by atoms with Crippen molar-refractivity contribution < 1.29 is 9.53 Å². The summed E-state index contributed by atoms with van der Waals surface area (Å²) < 4.78 is 5.57. The Balaban J connectivity index is 1.75. The van der Waals surface area contributed by atoms with E-state index in [1.54, 1.807) is 0 Å². The summed E-state index contributed by atoms with van der Waals surface area (Å²) in [5.74, 6) is 2.00. The Morgan fingerprint density at radius 3 is 3.06 bits per heavy atom. The summed E-state index contributed by atoms with van der Waals surface area (Å²) >= 11 is 5.86. The molecule has 1 aromatic rings. The Labute approximate surface area is 112 Å². The molecule has 0 aromatic heterocycles. The summed E-state index contributed by atoms with van der Waals surface area (Å²) in [6.07, 6.45) is 1.02. The van der Waals surface area contributed by atoms with E-state index >= 15 is 0 Å². The van der Waals surface area contributed by atoms with Crippen LogP contribution in [-0.2, 0) is 4.79 Å². The molecule has 0 bridgehead atoms. The summed E-state index contributed by atoms with van der Waals surface area (Å²) in [6, 6.07) is 7.80. The molecule has 1 amide bonds. The number of ether oxygens (including phenoxy) is 1. The Morgan fingerprint density at radius 1 is 1.44 bits per heavy atom. The van der Waals surface area contributed by atoms with Gasteiger partial charge in [0.15, 0.2) is 0 Å². The first-order valence-corrected chi connectivity index (χ1v) is 6.89. The lowest BCUT2D eigenvalue weighted by molar-refractivity contribution is -0.132. The molecular weight excluding hydrogens is 250 g/mol. The zero-order valence-corrected chi connectivity index (χ0v) is 10.9. The zero-order valence-electron chi connectivity index (χ0n) is 10.1. The van der Waals surface area contributed by atoms with Crippen molar-refractivity contribution in [1.29, 1.82) is 0 Å². The fourth-order valence-electron chi connectivity index (χ4n) is 2.75. The lowest BCUT2D eigenvalue weighted by atomic mass is 10.00. The van der Waals surface area contributed by atoms with Gasteiger partial charge in [-0.2, -0.15) is 0 Å². The fourth-order valence-corrected chi connectivity index (χ4v) is 3.00. The highest BCUT2D eigenvalue weighted by molar-refractivity contribution is 6.18. The monoisotopic (exact) mass is 265 g/mol. The lowest BCUT2D eigenvalue weighted by Gasteiger charge is -2.19. The average Bonchev–Trinajstić information content (AvgIpc) is 3.04. The summed E-state index contributed by atoms with van der Waals surface area (Å²) in [6.45, 7) is 2.09. The van der Waals surface area contributed by atoms with Gasteiger partial charge in [-0.05, 0) is 18.4 Å². The van der Waals surface area contributed by atoms with E-state index < -0.39 is 0 Å². The maximum Gasteiger partial charge on any atom is 0.233 e. The standard InChI is InChI=1S/C14H16ClNO2/c15-7-10-5-6-16(8-10)14(17)12-9-18-13-4-2-1-3-11(12)13/h1-4,10,12H,5-9H2. The fraction of sp³-hybridized carbons (Fsp3) is 0.500. The molecule has 0 N–H and O–H groups in total. The number of benzene rings is 1. The number of para-hydroxylation sites is 1. The molecule has 2 aliphatic rings. The van der Waals surface area contributed by atoms with E-state index in [2.05, 4.69) is 0 Å². The molecule has 2 aliphatic heterocycles. The first-order valence-electron chi connectivity index (χ1n) is 6.36. The van der Waals surface area contributed by atoms with Crippen LogP contribution in [0.1, 0.15) is 17.9 Å². The predicted molar refractivity (Wildman–Crippen MR) is 70.1 cm³/mol. The summed E-state index contributed by atoms with van der Waals surface area (Å²) in [7, 11) is 0. The van der Waals surface area contributed by atoms with Crippen molar-refractivity contribution in [2.45, 2.75) is 12.3 Å². The van der Waals surface area contributed by atoms with Crippen molar-refractivity contribution in [2.24, 2.45) is 5.92 Å². The summed E-state index contributed by atoms with van der Waals surface area (Å²) in [4.78, 5) is 14.4. The maximum absolute atomic E-state index is 12.5. The molecule has 2 atom stereocenters. The van der Waals surface area contributed by atoms with Gasteiger partial charge in [0.2, 0.25) is 5.91 Å². The number of hydrogen-bond acceptors (Lipinski definition) is 2. The zero-order chi connectivity index (χ0) is 12.5. The lowest BCUT2D eigenvalue weighted by Crippen LogP contribution is -2.34. The van der Waals surface area contributed by atoms with Gasteiger partial charge < -0.3 is 9.64 Å². The highest BCUT2D eigenvalue weighted by Gasteiger charge is 2.35. The normalized spacial score (nSPS) is 25.9. The number of carbonyl (C=O) groups is 1. The molecule has 3 rings (SSSR count). The number of rotatable bonds is 2. The first kappa shape index (κ1) is 11.8. The van der Waals surface area contributed by atoms with E-state index in [0.717, 1.165) is 30.8 Å². The third-order valence-corrected chi connectivity index (χ3v) is 4.25. The van der Waals surface area contributed by atoms with Crippen LogP contribution >= 0.6 is 11.6 Å². The van der Waals surface area contributed by atoms with Crippen LogP contribution in [0.2, 0.25) is 0 Å². The second-order valence-electron chi connectivity index (χ2n) is 4.99. The minimum atomic E-state index is -0.129. The molecule has 2 heterocycles. The van der Waals surface area contributed by atoms with Gasteiger partial charge in [0.1, 0.15) is 18.3 Å². The molecule has 2 unspecified atom stereocenters. The van der Waals surface area contributed by atoms with Crippen LogP contribution in [0.4, 0.5) is 0 Å². The van der Waals surface area contributed by atoms with Crippen LogP contribution in [0.15, 0.2) is 24.3 Å². The maximum atomic E-state index is 12.5. The van der Waals surface area contributed by atoms with Crippen molar-refractivity contribution in [3.8, 4) is 5.75 Å². The van der Waals surface area contributed by atoms with Crippen LogP contribution in [0.5, 0.6) is 5.75 Å². The van der Waals surface area contributed by atoms with Crippen LogP contribution in [0.3, 0.4) is 0 Å². The van der Waals surface area contributed by atoms with E-state index in [-0.39, 0.29) is 11.8 Å². The Hall–Kier alpha value is -1.22. The van der Waals surface area contributed by atoms with Crippen molar-refractivity contribution >= 4 is 17.5 Å². The average molecular weight is 266 g/mol. The number of halogens is 1. The second kappa shape index (κ2) is 4.81. The molecule has 4 heteroatoms. The quantitative estimate of drug-likeness (QED) is 0.768. The Kier molecular flexibility index (Phi) is 3.16. The largest absolute Gasteiger partial charge is 0.492 e. The number of fused-ring (bicyclic) bond motifs is 1. The highest BCUT2D eigenvalue weighted by Crippen LogP contribution is 2.35. The molecule has 1 saturated heterocycles. The summed E-state index contributed by atoms with van der Waals surface area (Å²) in [5.41, 5.74) is 1.02. The Bertz CT molecular complexity index is 463. The smallest absolute Gasteiger partial charge is 0.233 e. The molecule has 18 heavy (non-hydrogen) atoms. The van der Waals surface area contributed by atoms with Gasteiger partial charge in [-0.25, -0.2) is 0 Å². The van der Waals surface area contributed by atoms with Gasteiger partial charge in [-0.15, -0.1) is 11.6 Å². The molecule has 0 saturated carbocycles. The summed E-state index contributed by atoms with van der Waals surface area (Å²) in [5, 5.41) is 0. The van der Waals surface area contributed by atoms with Crippen LogP contribution in [-0.4, -0.2) is 36.4 Å². The molecule has 0 spiro atoms. The molecule has 1 aromatic carbocycles. The molecule has 1 fully saturated rings. The molecule has 0 aliphatic carbocycles. The number of alkyl halides is 1. The highest BCUT2D eigenvalue weighted by atomic mass is 35.5. The van der Waals surface area contributed by atoms with Gasteiger partial charge in [0.25, 0.3) is 0 Å². The van der Waals surface area contributed by atoms with E-state index in [9.17, 15) is 4.79 Å². The minimum absolute atomic E-state index is 0.129. The van der Waals surface area contributed by atoms with Gasteiger partial charge >= 0.3 is 0 Å². The van der Waals surface area contributed by atoms with Crippen molar-refractivity contribution in [3.63, 3.8) is 0 Å². The van der Waals surface area contributed by atoms with Crippen LogP contribution in [0.25, 0.3) is 0 Å². The minimum Gasteiger partial charge on any atom is -0.492 e. The molecular formula is C14H16ClNO2. The second-order valence-corrected chi connectivity index (χ2v) is 5.30. The van der Waals surface area contributed by atoms with Gasteiger partial charge in [-0.3, -0.25) is 4.79 Å². The molecule has 96 valence electrons. The van der Waals surface area contributed by atoms with Gasteiger partial charge in [-0.1, -0.05) is 18.2 Å². The van der Waals surface area contributed by atoms with Crippen LogP contribution in [0, 0.1) is 5.92 Å².